The first-order valence-electron chi connectivity index (χ1n) is 6.39. The van der Waals surface area contributed by atoms with Gasteiger partial charge in [-0.25, -0.2) is 0 Å². The molecule has 0 radical (unpaired) electrons. The number of carbonyl (C=O) groups is 1. The molecule has 0 fully saturated rings. The summed E-state index contributed by atoms with van der Waals surface area (Å²) in [5, 5.41) is 13.7. The van der Waals surface area contributed by atoms with Crippen molar-refractivity contribution in [3.05, 3.63) is 63.2 Å². The molecule has 1 N–H and O–H groups in total. The summed E-state index contributed by atoms with van der Waals surface area (Å²) in [5.74, 6) is -0.284. The molecular formula is C15H13ClN2O4. The van der Waals surface area contributed by atoms with Crippen LogP contribution in [0.25, 0.3) is 0 Å². The standard InChI is InChI=1S/C15H13ClN2O4/c1-10(19)17-15-13(18(20)21)7-12(16)8-14(15)22-9-11-5-3-2-4-6-11/h2-8H,9H2,1H3,(H,17,19). The van der Waals surface area contributed by atoms with Gasteiger partial charge in [0.15, 0.2) is 11.4 Å². The maximum absolute atomic E-state index is 11.3. The normalized spacial score (nSPS) is 10.1. The number of benzene rings is 2. The molecule has 114 valence electrons. The van der Waals surface area contributed by atoms with Crippen LogP contribution in [0, 0.1) is 10.1 Å². The summed E-state index contributed by atoms with van der Waals surface area (Å²) < 4.78 is 5.59. The van der Waals surface area contributed by atoms with Crippen molar-refractivity contribution in [1.29, 1.82) is 0 Å². The topological polar surface area (TPSA) is 81.5 Å². The Labute approximate surface area is 131 Å². The van der Waals surface area contributed by atoms with Crippen molar-refractivity contribution < 1.29 is 14.5 Å². The Morgan fingerprint density at radius 3 is 2.59 bits per heavy atom. The van der Waals surface area contributed by atoms with Crippen molar-refractivity contribution in [1.82, 2.24) is 0 Å². The number of nitrogens with zero attached hydrogens (tertiary/aromatic N) is 1. The molecule has 0 saturated carbocycles. The Bertz CT molecular complexity index is 704. The zero-order valence-electron chi connectivity index (χ0n) is 11.7. The van der Waals surface area contributed by atoms with Gasteiger partial charge in [-0.05, 0) is 5.56 Å². The molecule has 0 atom stereocenters. The van der Waals surface area contributed by atoms with Crippen LogP contribution >= 0.6 is 11.6 Å². The number of halogens is 1. The molecular weight excluding hydrogens is 308 g/mol. The minimum Gasteiger partial charge on any atom is -0.486 e. The van der Waals surface area contributed by atoms with Crippen LogP contribution in [0.4, 0.5) is 11.4 Å². The van der Waals surface area contributed by atoms with Crippen LogP contribution in [0.1, 0.15) is 12.5 Å². The van der Waals surface area contributed by atoms with Gasteiger partial charge in [-0.3, -0.25) is 14.9 Å². The number of hydrogen-bond donors (Lipinski definition) is 1. The molecule has 0 bridgehead atoms. The van der Waals surface area contributed by atoms with E-state index in [-0.39, 0.29) is 28.8 Å². The molecule has 0 unspecified atom stereocenters. The van der Waals surface area contributed by atoms with E-state index in [9.17, 15) is 14.9 Å². The Kier molecular flexibility index (Phi) is 4.95. The second-order valence-electron chi connectivity index (χ2n) is 4.51. The molecule has 2 aromatic carbocycles. The Balaban J connectivity index is 2.35. The number of ether oxygens (including phenoxy) is 1. The van der Waals surface area contributed by atoms with Crippen molar-refractivity contribution in [3.8, 4) is 5.75 Å². The number of hydrogen-bond acceptors (Lipinski definition) is 4. The molecule has 22 heavy (non-hydrogen) atoms. The molecule has 0 aliphatic carbocycles. The highest BCUT2D eigenvalue weighted by atomic mass is 35.5. The average molecular weight is 321 g/mol. The molecule has 0 aromatic heterocycles. The Hall–Kier alpha value is -2.60. The van der Waals surface area contributed by atoms with Crippen molar-refractivity contribution in [2.24, 2.45) is 0 Å². The average Bonchev–Trinajstić information content (AvgIpc) is 2.47. The maximum atomic E-state index is 11.3. The van der Waals surface area contributed by atoms with E-state index in [2.05, 4.69) is 5.32 Å². The van der Waals surface area contributed by atoms with Crippen molar-refractivity contribution in [2.45, 2.75) is 13.5 Å². The molecule has 0 saturated heterocycles. The van der Waals surface area contributed by atoms with Crippen LogP contribution in [-0.2, 0) is 11.4 Å². The van der Waals surface area contributed by atoms with Gasteiger partial charge in [0.1, 0.15) is 6.61 Å². The van der Waals surface area contributed by atoms with E-state index in [1.165, 1.54) is 19.1 Å². The summed E-state index contributed by atoms with van der Waals surface area (Å²) in [6.07, 6.45) is 0. The molecule has 0 heterocycles. The zero-order chi connectivity index (χ0) is 16.1. The SMILES string of the molecule is CC(=O)Nc1c(OCc2ccccc2)cc(Cl)cc1[N+](=O)[O-]. The summed E-state index contributed by atoms with van der Waals surface area (Å²) in [6.45, 7) is 1.46. The summed E-state index contributed by atoms with van der Waals surface area (Å²) in [5.41, 5.74) is 0.572. The lowest BCUT2D eigenvalue weighted by molar-refractivity contribution is -0.384. The van der Waals surface area contributed by atoms with Crippen LogP contribution in [0.3, 0.4) is 0 Å². The predicted octanol–water partition coefficient (Wildman–Crippen LogP) is 3.79. The Morgan fingerprint density at radius 1 is 1.32 bits per heavy atom. The first-order valence-corrected chi connectivity index (χ1v) is 6.77. The number of nitrogens with one attached hydrogen (secondary N) is 1. The van der Waals surface area contributed by atoms with Gasteiger partial charge < -0.3 is 10.1 Å². The third-order valence-electron chi connectivity index (χ3n) is 2.78. The quantitative estimate of drug-likeness (QED) is 0.671. The molecule has 0 aliphatic heterocycles. The summed E-state index contributed by atoms with van der Waals surface area (Å²) in [4.78, 5) is 21.8. The summed E-state index contributed by atoms with van der Waals surface area (Å²) in [6, 6.07) is 11.9. The number of nitro groups is 1. The second-order valence-corrected chi connectivity index (χ2v) is 4.95. The fraction of sp³-hybridized carbons (Fsp3) is 0.133. The van der Waals surface area contributed by atoms with Crippen molar-refractivity contribution in [3.63, 3.8) is 0 Å². The van der Waals surface area contributed by atoms with E-state index in [1.807, 2.05) is 30.3 Å². The van der Waals surface area contributed by atoms with Crippen LogP contribution in [0.2, 0.25) is 5.02 Å². The minimum absolute atomic E-state index is 0.00201. The van der Waals surface area contributed by atoms with Crippen LogP contribution < -0.4 is 10.1 Å². The molecule has 0 aliphatic rings. The van der Waals surface area contributed by atoms with Gasteiger partial charge in [0, 0.05) is 19.1 Å². The van der Waals surface area contributed by atoms with E-state index in [0.717, 1.165) is 5.56 Å². The molecule has 2 aromatic rings. The molecule has 0 spiro atoms. The predicted molar refractivity (Wildman–Crippen MR) is 83.2 cm³/mol. The number of rotatable bonds is 5. The van der Waals surface area contributed by atoms with Crippen LogP contribution in [0.15, 0.2) is 42.5 Å². The third kappa shape index (κ3) is 3.95. The van der Waals surface area contributed by atoms with E-state index >= 15 is 0 Å². The van der Waals surface area contributed by atoms with Gasteiger partial charge in [0.25, 0.3) is 5.69 Å². The smallest absolute Gasteiger partial charge is 0.298 e. The Morgan fingerprint density at radius 2 is 2.00 bits per heavy atom. The first kappa shape index (κ1) is 15.8. The monoisotopic (exact) mass is 320 g/mol. The summed E-state index contributed by atoms with van der Waals surface area (Å²) in [7, 11) is 0. The van der Waals surface area contributed by atoms with Gasteiger partial charge in [0.05, 0.1) is 9.95 Å². The number of nitro benzene ring substituents is 1. The van der Waals surface area contributed by atoms with Gasteiger partial charge in [-0.15, -0.1) is 0 Å². The molecule has 7 heteroatoms. The van der Waals surface area contributed by atoms with Gasteiger partial charge in [-0.1, -0.05) is 41.9 Å². The molecule has 1 amide bonds. The minimum atomic E-state index is -0.619. The lowest BCUT2D eigenvalue weighted by Crippen LogP contribution is -2.10. The fourth-order valence-corrected chi connectivity index (χ4v) is 2.07. The van der Waals surface area contributed by atoms with Gasteiger partial charge >= 0.3 is 0 Å². The summed E-state index contributed by atoms with van der Waals surface area (Å²) >= 11 is 5.89. The van der Waals surface area contributed by atoms with Gasteiger partial charge in [0.2, 0.25) is 5.91 Å². The fourth-order valence-electron chi connectivity index (χ4n) is 1.86. The number of carbonyl (C=O) groups excluding carboxylic acids is 1. The molecule has 6 nitrogen and oxygen atoms in total. The maximum Gasteiger partial charge on any atom is 0.298 e. The van der Waals surface area contributed by atoms with Crippen LogP contribution in [-0.4, -0.2) is 10.8 Å². The van der Waals surface area contributed by atoms with Crippen LogP contribution in [0.5, 0.6) is 5.75 Å². The van der Waals surface area contributed by atoms with Gasteiger partial charge in [-0.2, -0.15) is 0 Å². The highest BCUT2D eigenvalue weighted by Crippen LogP contribution is 2.38. The highest BCUT2D eigenvalue weighted by molar-refractivity contribution is 6.31. The lowest BCUT2D eigenvalue weighted by Gasteiger charge is -2.12. The third-order valence-corrected chi connectivity index (χ3v) is 3.00. The van der Waals surface area contributed by atoms with Crippen molar-refractivity contribution >= 4 is 28.9 Å². The number of amides is 1. The van der Waals surface area contributed by atoms with E-state index < -0.39 is 10.8 Å². The van der Waals surface area contributed by atoms with E-state index in [1.54, 1.807) is 0 Å². The van der Waals surface area contributed by atoms with E-state index in [4.69, 9.17) is 16.3 Å². The largest absolute Gasteiger partial charge is 0.486 e. The molecule has 2 rings (SSSR count). The number of anilines is 1. The van der Waals surface area contributed by atoms with E-state index in [0.29, 0.717) is 0 Å². The second kappa shape index (κ2) is 6.91. The first-order chi connectivity index (χ1) is 10.5. The van der Waals surface area contributed by atoms with Crippen molar-refractivity contribution in [2.75, 3.05) is 5.32 Å². The lowest BCUT2D eigenvalue weighted by atomic mass is 10.2. The highest BCUT2D eigenvalue weighted by Gasteiger charge is 2.21. The zero-order valence-corrected chi connectivity index (χ0v) is 12.5.